The SMILES string of the molecule is CNC(=O)C1C[C@H]1C(=O)NCC#Cc1cc2c(N[C@@H]3CC[C@@H]4CCC43)cccn2c1SC(F)(F)F. The number of hydrogen-bond acceptors (Lipinski definition) is 4. The lowest BCUT2D eigenvalue weighted by atomic mass is 9.75. The Kier molecular flexibility index (Phi) is 6.38. The van der Waals surface area contributed by atoms with Gasteiger partial charge in [-0.3, -0.25) is 9.59 Å². The highest BCUT2D eigenvalue weighted by atomic mass is 32.2. The maximum absolute atomic E-state index is 13.4. The lowest BCUT2D eigenvalue weighted by Gasteiger charge is -2.34. The molecule has 2 heterocycles. The summed E-state index contributed by atoms with van der Waals surface area (Å²) in [5.74, 6) is 5.89. The van der Waals surface area contributed by atoms with Crippen molar-refractivity contribution in [3.63, 3.8) is 0 Å². The molecule has 3 aliphatic carbocycles. The minimum atomic E-state index is -4.46. The Labute approximate surface area is 205 Å². The van der Waals surface area contributed by atoms with Crippen LogP contribution in [0.3, 0.4) is 0 Å². The average Bonchev–Trinajstić information content (AvgIpc) is 3.45. The monoisotopic (exact) mass is 504 g/mol. The van der Waals surface area contributed by atoms with E-state index in [0.717, 1.165) is 18.0 Å². The molecule has 0 aliphatic heterocycles. The van der Waals surface area contributed by atoms with Gasteiger partial charge < -0.3 is 20.4 Å². The highest BCUT2D eigenvalue weighted by molar-refractivity contribution is 8.00. The highest BCUT2D eigenvalue weighted by Crippen LogP contribution is 2.48. The molecule has 186 valence electrons. The van der Waals surface area contributed by atoms with Crippen molar-refractivity contribution in [2.24, 2.45) is 23.7 Å². The molecular weight excluding hydrogens is 477 g/mol. The van der Waals surface area contributed by atoms with Crippen LogP contribution in [-0.4, -0.2) is 41.4 Å². The number of hydrogen-bond donors (Lipinski definition) is 3. The Morgan fingerprint density at radius 1 is 1.17 bits per heavy atom. The van der Waals surface area contributed by atoms with Gasteiger partial charge in [0.25, 0.3) is 0 Å². The second-order valence-corrected chi connectivity index (χ2v) is 10.6. The molecule has 5 atom stereocenters. The van der Waals surface area contributed by atoms with E-state index in [4.69, 9.17) is 0 Å². The molecule has 3 N–H and O–H groups in total. The summed E-state index contributed by atoms with van der Waals surface area (Å²) in [6.45, 7) is -0.00559. The van der Waals surface area contributed by atoms with Gasteiger partial charge in [-0.15, -0.1) is 0 Å². The molecule has 5 rings (SSSR count). The van der Waals surface area contributed by atoms with Gasteiger partial charge in [-0.2, -0.15) is 13.2 Å². The summed E-state index contributed by atoms with van der Waals surface area (Å²) in [6, 6.07) is 5.68. The summed E-state index contributed by atoms with van der Waals surface area (Å²) in [6.07, 6.45) is 6.87. The lowest BCUT2D eigenvalue weighted by molar-refractivity contribution is -0.126. The first kappa shape index (κ1) is 23.9. The zero-order chi connectivity index (χ0) is 24.7. The molecule has 2 amide bonds. The van der Waals surface area contributed by atoms with Gasteiger partial charge in [0, 0.05) is 31.0 Å². The molecule has 2 aromatic heterocycles. The van der Waals surface area contributed by atoms with Gasteiger partial charge in [0.05, 0.1) is 35.1 Å². The van der Waals surface area contributed by atoms with Crippen LogP contribution in [0.1, 0.15) is 37.7 Å². The van der Waals surface area contributed by atoms with Crippen molar-refractivity contribution in [2.45, 2.75) is 48.7 Å². The number of amides is 2. The molecular formula is C25H27F3N4O2S. The molecule has 2 unspecified atom stereocenters. The second kappa shape index (κ2) is 9.34. The molecule has 3 fully saturated rings. The topological polar surface area (TPSA) is 74.6 Å². The van der Waals surface area contributed by atoms with E-state index in [1.807, 2.05) is 6.07 Å². The number of thioether (sulfide) groups is 1. The van der Waals surface area contributed by atoms with E-state index in [-0.39, 0.29) is 52.5 Å². The van der Waals surface area contributed by atoms with Crippen LogP contribution in [0, 0.1) is 35.5 Å². The van der Waals surface area contributed by atoms with Crippen molar-refractivity contribution in [1.82, 2.24) is 15.0 Å². The third-order valence-electron chi connectivity index (χ3n) is 7.44. The van der Waals surface area contributed by atoms with Crippen LogP contribution < -0.4 is 16.0 Å². The molecule has 0 radical (unpaired) electrons. The lowest BCUT2D eigenvalue weighted by Crippen LogP contribution is -2.33. The molecule has 6 nitrogen and oxygen atoms in total. The van der Waals surface area contributed by atoms with Crippen molar-refractivity contribution in [2.75, 3.05) is 18.9 Å². The van der Waals surface area contributed by atoms with Gasteiger partial charge >= 0.3 is 5.51 Å². The molecule has 2 aromatic rings. The molecule has 10 heteroatoms. The Morgan fingerprint density at radius 2 is 1.94 bits per heavy atom. The van der Waals surface area contributed by atoms with E-state index in [2.05, 4.69) is 27.8 Å². The summed E-state index contributed by atoms with van der Waals surface area (Å²) in [7, 11) is 1.53. The van der Waals surface area contributed by atoms with Crippen LogP contribution in [0.15, 0.2) is 29.4 Å². The number of carbonyl (C=O) groups is 2. The van der Waals surface area contributed by atoms with Gasteiger partial charge in [-0.1, -0.05) is 11.8 Å². The van der Waals surface area contributed by atoms with Crippen molar-refractivity contribution < 1.29 is 22.8 Å². The summed E-state index contributed by atoms with van der Waals surface area (Å²) in [5.41, 5.74) is -2.74. The van der Waals surface area contributed by atoms with E-state index in [9.17, 15) is 22.8 Å². The van der Waals surface area contributed by atoms with E-state index in [1.165, 1.54) is 30.7 Å². The maximum atomic E-state index is 13.4. The number of carbonyl (C=O) groups excluding carboxylic acids is 2. The molecule has 0 bridgehead atoms. The molecule has 0 aromatic carbocycles. The third-order valence-corrected chi connectivity index (χ3v) is 8.28. The number of fused-ring (bicyclic) bond motifs is 2. The summed E-state index contributed by atoms with van der Waals surface area (Å²) < 4.78 is 41.7. The molecule has 0 spiro atoms. The first-order valence-electron chi connectivity index (χ1n) is 11.9. The molecule has 3 saturated carbocycles. The van der Waals surface area contributed by atoms with Gasteiger partial charge in [0.1, 0.15) is 5.03 Å². The number of aromatic nitrogens is 1. The van der Waals surface area contributed by atoms with Crippen molar-refractivity contribution in [3.05, 3.63) is 30.0 Å². The van der Waals surface area contributed by atoms with Gasteiger partial charge in [0.15, 0.2) is 0 Å². The Bertz CT molecular complexity index is 1210. The predicted molar refractivity (Wildman–Crippen MR) is 128 cm³/mol. The fourth-order valence-electron chi connectivity index (χ4n) is 5.43. The summed E-state index contributed by atoms with van der Waals surface area (Å²) in [4.78, 5) is 23.8. The van der Waals surface area contributed by atoms with Gasteiger partial charge in [-0.05, 0) is 62.1 Å². The zero-order valence-corrected chi connectivity index (χ0v) is 20.1. The number of pyridine rings is 1. The minimum absolute atomic E-state index is 0.00444. The second-order valence-electron chi connectivity index (χ2n) is 9.50. The van der Waals surface area contributed by atoms with E-state index < -0.39 is 5.51 Å². The van der Waals surface area contributed by atoms with Crippen molar-refractivity contribution in [1.29, 1.82) is 0 Å². The molecule has 35 heavy (non-hydrogen) atoms. The van der Waals surface area contributed by atoms with E-state index in [0.29, 0.717) is 23.9 Å². The number of anilines is 1. The number of halogens is 3. The third kappa shape index (κ3) is 4.96. The Hall–Kier alpha value is -2.80. The smallest absolute Gasteiger partial charge is 0.380 e. The predicted octanol–water partition coefficient (Wildman–Crippen LogP) is 4.00. The number of nitrogens with one attached hydrogen (secondary N) is 3. The van der Waals surface area contributed by atoms with E-state index in [1.54, 1.807) is 18.3 Å². The van der Waals surface area contributed by atoms with Crippen LogP contribution in [0.5, 0.6) is 0 Å². The van der Waals surface area contributed by atoms with E-state index >= 15 is 0 Å². The van der Waals surface area contributed by atoms with Crippen LogP contribution in [0.4, 0.5) is 18.9 Å². The summed E-state index contributed by atoms with van der Waals surface area (Å²) in [5, 5.41) is 8.78. The normalized spacial score (nSPS) is 26.8. The average molecular weight is 505 g/mol. The Balaban J connectivity index is 1.34. The molecule has 0 saturated heterocycles. The first-order chi connectivity index (χ1) is 16.7. The number of alkyl halides is 3. The van der Waals surface area contributed by atoms with Crippen molar-refractivity contribution >= 4 is 34.8 Å². The standard InChI is InChI=1S/C25H27F3N4O2S/c1-29-22(33)17-13-18(17)23(34)30-10-2-4-15-12-21-20(31-19-9-7-14-6-8-16(14)19)5-3-11-32(21)24(15)35-25(26,27)28/h3,5,11-12,14,16-19,31H,6-10,13H2,1H3,(H,29,33)(H,30,34)/t14-,16?,17?,18+,19+/m0/s1. The minimum Gasteiger partial charge on any atom is -0.380 e. The number of nitrogens with zero attached hydrogens (tertiary/aromatic N) is 1. The van der Waals surface area contributed by atoms with Gasteiger partial charge in [-0.25, -0.2) is 0 Å². The quantitative estimate of drug-likeness (QED) is 0.411. The van der Waals surface area contributed by atoms with Crippen LogP contribution in [-0.2, 0) is 9.59 Å². The Morgan fingerprint density at radius 3 is 2.63 bits per heavy atom. The number of rotatable bonds is 6. The maximum Gasteiger partial charge on any atom is 0.447 e. The highest BCUT2D eigenvalue weighted by Gasteiger charge is 2.47. The largest absolute Gasteiger partial charge is 0.447 e. The molecule has 3 aliphatic rings. The van der Waals surface area contributed by atoms with Crippen LogP contribution in [0.2, 0.25) is 0 Å². The fourth-order valence-corrected chi connectivity index (χ4v) is 6.13. The fraction of sp³-hybridized carbons (Fsp3) is 0.520. The van der Waals surface area contributed by atoms with Crippen molar-refractivity contribution in [3.8, 4) is 11.8 Å². The van der Waals surface area contributed by atoms with Crippen LogP contribution in [0.25, 0.3) is 5.52 Å². The summed E-state index contributed by atoms with van der Waals surface area (Å²) >= 11 is -0.187. The first-order valence-corrected chi connectivity index (χ1v) is 12.7. The van der Waals surface area contributed by atoms with Gasteiger partial charge in [0.2, 0.25) is 11.8 Å². The van der Waals surface area contributed by atoms with Crippen LogP contribution >= 0.6 is 11.8 Å². The zero-order valence-electron chi connectivity index (χ0n) is 19.2.